The van der Waals surface area contributed by atoms with Gasteiger partial charge in [-0.1, -0.05) is 30.3 Å². The molecule has 0 bridgehead atoms. The quantitative estimate of drug-likeness (QED) is 0.534. The Kier molecular flexibility index (Phi) is 6.55. The van der Waals surface area contributed by atoms with Gasteiger partial charge in [-0.3, -0.25) is 4.79 Å². The monoisotopic (exact) mass is 419 g/mol. The van der Waals surface area contributed by atoms with Gasteiger partial charge in [0.05, 0.1) is 17.2 Å². The highest BCUT2D eigenvalue weighted by molar-refractivity contribution is 6.01. The average molecular weight is 419 g/mol. The van der Waals surface area contributed by atoms with Crippen LogP contribution >= 0.6 is 0 Å². The zero-order valence-corrected chi connectivity index (χ0v) is 14.9. The maximum Gasteiger partial charge on any atom is 0.416 e. The van der Waals surface area contributed by atoms with Crippen LogP contribution in [0.15, 0.2) is 48.5 Å². The molecule has 0 radical (unpaired) electrons. The number of carbonyl (C=O) groups excluding carboxylic acids is 2. The summed E-state index contributed by atoms with van der Waals surface area (Å²) in [4.78, 5) is 24.1. The van der Waals surface area contributed by atoms with Crippen molar-refractivity contribution >= 4 is 11.9 Å². The molecule has 0 unspecified atom stereocenters. The Bertz CT molecular complexity index is 845. The van der Waals surface area contributed by atoms with E-state index in [0.717, 1.165) is 6.92 Å². The minimum atomic E-state index is -5.08. The second kappa shape index (κ2) is 8.54. The third-order valence-corrected chi connectivity index (χ3v) is 3.81. The number of rotatable bonds is 5. The number of alkyl halides is 6. The zero-order chi connectivity index (χ0) is 21.8. The highest BCUT2D eigenvalue weighted by atomic mass is 19.4. The van der Waals surface area contributed by atoms with E-state index in [2.05, 4.69) is 5.32 Å². The van der Waals surface area contributed by atoms with Crippen LogP contribution in [0.2, 0.25) is 0 Å². The molecule has 0 aliphatic carbocycles. The van der Waals surface area contributed by atoms with E-state index in [4.69, 9.17) is 4.74 Å². The van der Waals surface area contributed by atoms with Crippen molar-refractivity contribution in [2.45, 2.75) is 31.9 Å². The van der Waals surface area contributed by atoms with Gasteiger partial charge in [0.15, 0.2) is 5.78 Å². The van der Waals surface area contributed by atoms with Crippen LogP contribution in [0.4, 0.5) is 31.1 Å². The van der Waals surface area contributed by atoms with Crippen molar-refractivity contribution < 1.29 is 40.7 Å². The molecule has 10 heteroatoms. The van der Waals surface area contributed by atoms with Crippen LogP contribution < -0.4 is 5.32 Å². The lowest BCUT2D eigenvalue weighted by Crippen LogP contribution is -2.39. The van der Waals surface area contributed by atoms with E-state index in [1.54, 1.807) is 30.3 Å². The van der Waals surface area contributed by atoms with Crippen molar-refractivity contribution in [2.75, 3.05) is 0 Å². The van der Waals surface area contributed by atoms with Gasteiger partial charge in [-0.15, -0.1) is 0 Å². The third kappa shape index (κ3) is 6.23. The largest absolute Gasteiger partial charge is 0.445 e. The first-order valence-corrected chi connectivity index (χ1v) is 8.19. The summed E-state index contributed by atoms with van der Waals surface area (Å²) in [6.07, 6.45) is -11.2. The Hall–Kier alpha value is -3.04. The van der Waals surface area contributed by atoms with E-state index in [1.807, 2.05) is 0 Å². The summed E-state index contributed by atoms with van der Waals surface area (Å²) in [5.41, 5.74) is -3.42. The van der Waals surface area contributed by atoms with E-state index in [0.29, 0.717) is 17.7 Å². The number of nitrogens with one attached hydrogen (secondary N) is 1. The van der Waals surface area contributed by atoms with Crippen molar-refractivity contribution in [2.24, 2.45) is 0 Å². The maximum absolute atomic E-state index is 12.9. The fourth-order valence-corrected chi connectivity index (χ4v) is 2.35. The second-order valence-corrected chi connectivity index (χ2v) is 6.09. The number of hydrogen-bond donors (Lipinski definition) is 1. The van der Waals surface area contributed by atoms with Crippen molar-refractivity contribution in [1.82, 2.24) is 5.32 Å². The summed E-state index contributed by atoms with van der Waals surface area (Å²) in [5, 5.41) is 2.09. The van der Waals surface area contributed by atoms with Crippen LogP contribution in [0.3, 0.4) is 0 Å². The molecular formula is C19H15F6NO3. The third-order valence-electron chi connectivity index (χ3n) is 3.81. The van der Waals surface area contributed by atoms with E-state index in [1.165, 1.54) is 0 Å². The van der Waals surface area contributed by atoms with Crippen LogP contribution in [-0.2, 0) is 23.7 Å². The van der Waals surface area contributed by atoms with Crippen molar-refractivity contribution in [1.29, 1.82) is 0 Å². The number of ether oxygens (including phenoxy) is 1. The topological polar surface area (TPSA) is 55.4 Å². The van der Waals surface area contributed by atoms with Crippen LogP contribution in [0.25, 0.3) is 0 Å². The predicted molar refractivity (Wildman–Crippen MR) is 90.0 cm³/mol. The highest BCUT2D eigenvalue weighted by Crippen LogP contribution is 2.36. The molecule has 0 saturated carbocycles. The molecule has 0 aromatic heterocycles. The number of alkyl carbamates (subject to hydrolysis) is 1. The molecule has 1 atom stereocenters. The molecule has 0 aliphatic rings. The number of Topliss-reactive ketones (excluding diaryl/α,β-unsaturated/α-hetero) is 1. The van der Waals surface area contributed by atoms with Crippen LogP contribution in [-0.4, -0.2) is 17.9 Å². The summed E-state index contributed by atoms with van der Waals surface area (Å²) in [7, 11) is 0. The molecule has 2 aromatic carbocycles. The molecule has 1 amide bonds. The minimum Gasteiger partial charge on any atom is -0.445 e. The Labute approximate surface area is 161 Å². The lowest BCUT2D eigenvalue weighted by Gasteiger charge is -2.17. The molecule has 0 fully saturated rings. The number of amides is 1. The number of halogens is 6. The number of carbonyl (C=O) groups is 2. The van der Waals surface area contributed by atoms with Crippen LogP contribution in [0.1, 0.15) is 34.0 Å². The van der Waals surface area contributed by atoms with Crippen molar-refractivity contribution in [3.05, 3.63) is 70.8 Å². The van der Waals surface area contributed by atoms with E-state index in [9.17, 15) is 35.9 Å². The summed E-state index contributed by atoms with van der Waals surface area (Å²) >= 11 is 0. The first-order chi connectivity index (χ1) is 13.4. The van der Waals surface area contributed by atoms with Crippen LogP contribution in [0, 0.1) is 0 Å². The van der Waals surface area contributed by atoms with Gasteiger partial charge in [-0.2, -0.15) is 26.3 Å². The minimum absolute atomic E-state index is 0.0804. The molecule has 29 heavy (non-hydrogen) atoms. The maximum atomic E-state index is 12.9. The molecule has 0 aliphatic heterocycles. The van der Waals surface area contributed by atoms with Crippen molar-refractivity contribution in [3.63, 3.8) is 0 Å². The molecule has 0 saturated heterocycles. The SMILES string of the molecule is C[C@H](NC(=O)OCc1ccccc1)C(=O)c1cc(C(F)(F)F)cc(C(F)(F)F)c1. The summed E-state index contributed by atoms with van der Waals surface area (Å²) in [6, 6.07) is 7.62. The molecule has 156 valence electrons. The summed E-state index contributed by atoms with van der Waals surface area (Å²) in [5.74, 6) is -1.13. The van der Waals surface area contributed by atoms with Gasteiger partial charge in [0.2, 0.25) is 0 Å². The number of benzene rings is 2. The summed E-state index contributed by atoms with van der Waals surface area (Å²) in [6.45, 7) is 0.995. The Morgan fingerprint density at radius 2 is 1.45 bits per heavy atom. The van der Waals surface area contributed by atoms with Crippen molar-refractivity contribution in [3.8, 4) is 0 Å². The first-order valence-electron chi connectivity index (χ1n) is 8.19. The van der Waals surface area contributed by atoms with E-state index < -0.39 is 47.0 Å². The smallest absolute Gasteiger partial charge is 0.416 e. The molecule has 0 spiro atoms. The molecule has 2 aromatic rings. The van der Waals surface area contributed by atoms with E-state index in [-0.39, 0.29) is 12.7 Å². The van der Waals surface area contributed by atoms with Gasteiger partial charge in [0.1, 0.15) is 6.61 Å². The number of hydrogen-bond acceptors (Lipinski definition) is 3. The second-order valence-electron chi connectivity index (χ2n) is 6.09. The average Bonchev–Trinajstić information content (AvgIpc) is 2.64. The molecule has 4 nitrogen and oxygen atoms in total. The standard InChI is InChI=1S/C19H15F6NO3/c1-11(26-17(28)29-10-12-5-3-2-4-6-12)16(27)13-7-14(18(20,21)22)9-15(8-13)19(23,24)25/h2-9,11H,10H2,1H3,(H,26,28)/t11-/m0/s1. The Morgan fingerprint density at radius 3 is 1.93 bits per heavy atom. The van der Waals surface area contributed by atoms with Gasteiger partial charge in [-0.25, -0.2) is 4.79 Å². The lowest BCUT2D eigenvalue weighted by atomic mass is 9.99. The predicted octanol–water partition coefficient (Wildman–Crippen LogP) is 5.22. The first kappa shape index (κ1) is 22.3. The van der Waals surface area contributed by atoms with Gasteiger partial charge in [0.25, 0.3) is 0 Å². The fourth-order valence-electron chi connectivity index (χ4n) is 2.35. The van der Waals surface area contributed by atoms with Gasteiger partial charge >= 0.3 is 18.4 Å². The summed E-state index contributed by atoms with van der Waals surface area (Å²) < 4.78 is 82.3. The van der Waals surface area contributed by atoms with Gasteiger partial charge in [-0.05, 0) is 30.7 Å². The Balaban J connectivity index is 2.14. The molecule has 1 N–H and O–H groups in total. The van der Waals surface area contributed by atoms with Gasteiger partial charge < -0.3 is 10.1 Å². The molecule has 0 heterocycles. The molecular weight excluding hydrogens is 404 g/mol. The fraction of sp³-hybridized carbons (Fsp3) is 0.263. The van der Waals surface area contributed by atoms with Crippen LogP contribution in [0.5, 0.6) is 0 Å². The Morgan fingerprint density at radius 1 is 0.931 bits per heavy atom. The lowest BCUT2D eigenvalue weighted by molar-refractivity contribution is -0.143. The number of ketones is 1. The highest BCUT2D eigenvalue weighted by Gasteiger charge is 2.38. The van der Waals surface area contributed by atoms with E-state index >= 15 is 0 Å². The zero-order valence-electron chi connectivity index (χ0n) is 14.9. The van der Waals surface area contributed by atoms with Gasteiger partial charge in [0, 0.05) is 5.56 Å². The molecule has 2 rings (SSSR count). The normalized spacial score (nSPS) is 12.9.